The molecule has 0 radical (unpaired) electrons. The van der Waals surface area contributed by atoms with E-state index in [9.17, 15) is 18.0 Å². The number of hydrogen-bond donors (Lipinski definition) is 3. The molecule has 9 heteroatoms. The summed E-state index contributed by atoms with van der Waals surface area (Å²) < 4.78 is 32.9. The topological polar surface area (TPSA) is 122 Å². The van der Waals surface area contributed by atoms with Gasteiger partial charge in [-0.3, -0.25) is 9.52 Å². The van der Waals surface area contributed by atoms with Gasteiger partial charge in [-0.1, -0.05) is 6.07 Å². The molecule has 2 aromatic carbocycles. The highest BCUT2D eigenvalue weighted by Gasteiger charge is 2.30. The highest BCUT2D eigenvalue weighted by molar-refractivity contribution is 7.92. The first-order valence-corrected chi connectivity index (χ1v) is 9.63. The molecule has 1 saturated carbocycles. The van der Waals surface area contributed by atoms with E-state index in [-0.39, 0.29) is 33.7 Å². The quantitative estimate of drug-likeness (QED) is 0.668. The number of hydrogen-bond acceptors (Lipinski definition) is 5. The Morgan fingerprint density at radius 2 is 1.85 bits per heavy atom. The van der Waals surface area contributed by atoms with Gasteiger partial charge in [0.25, 0.3) is 10.0 Å². The maximum Gasteiger partial charge on any atom is 0.335 e. The number of carbonyl (C=O) groups excluding carboxylic acids is 1. The maximum atomic E-state index is 12.7. The van der Waals surface area contributed by atoms with Gasteiger partial charge in [0.15, 0.2) is 0 Å². The Labute approximate surface area is 156 Å². The standard InChI is InChI=1S/C18H18N2O6S/c1-26-15-10-13(19-17(21)11-5-6-11)7-8-16(15)27(24,25)20-14-4-2-3-12(9-14)18(22)23/h2-4,7-11,20H,5-6H2,1H3,(H,19,21)(H,22,23). The number of aromatic carboxylic acids is 1. The highest BCUT2D eigenvalue weighted by Crippen LogP contribution is 2.32. The van der Waals surface area contributed by atoms with Crippen LogP contribution in [0.25, 0.3) is 0 Å². The number of carboxylic acid groups (broad SMARTS) is 1. The van der Waals surface area contributed by atoms with E-state index in [0.717, 1.165) is 12.8 Å². The minimum Gasteiger partial charge on any atom is -0.495 e. The fourth-order valence-electron chi connectivity index (χ4n) is 2.48. The summed E-state index contributed by atoms with van der Waals surface area (Å²) in [4.78, 5) is 22.8. The molecule has 0 aromatic heterocycles. The molecule has 0 atom stereocenters. The van der Waals surface area contributed by atoms with Crippen LogP contribution in [-0.4, -0.2) is 32.5 Å². The zero-order valence-electron chi connectivity index (χ0n) is 14.4. The zero-order valence-corrected chi connectivity index (χ0v) is 15.2. The Bertz CT molecular complexity index is 999. The molecule has 0 bridgehead atoms. The molecule has 3 rings (SSSR count). The highest BCUT2D eigenvalue weighted by atomic mass is 32.2. The number of nitrogens with one attached hydrogen (secondary N) is 2. The van der Waals surface area contributed by atoms with Gasteiger partial charge < -0.3 is 15.2 Å². The molecule has 142 valence electrons. The molecule has 1 fully saturated rings. The second-order valence-corrected chi connectivity index (χ2v) is 7.77. The Morgan fingerprint density at radius 3 is 2.48 bits per heavy atom. The zero-order chi connectivity index (χ0) is 19.6. The average Bonchev–Trinajstić information content (AvgIpc) is 3.46. The first-order chi connectivity index (χ1) is 12.8. The lowest BCUT2D eigenvalue weighted by atomic mass is 10.2. The number of carbonyl (C=O) groups is 2. The molecular formula is C18H18N2O6S. The minimum absolute atomic E-state index is 0.0163. The summed E-state index contributed by atoms with van der Waals surface area (Å²) in [5.74, 6) is -1.19. The smallest absolute Gasteiger partial charge is 0.335 e. The Morgan fingerprint density at radius 1 is 1.11 bits per heavy atom. The fraction of sp³-hybridized carbons (Fsp3) is 0.222. The summed E-state index contributed by atoms with van der Waals surface area (Å²) in [5.41, 5.74) is 0.513. The molecule has 0 unspecified atom stereocenters. The van der Waals surface area contributed by atoms with Gasteiger partial charge in [0.05, 0.1) is 12.7 Å². The molecule has 3 N–H and O–H groups in total. The van der Waals surface area contributed by atoms with Gasteiger partial charge in [0.1, 0.15) is 10.6 Å². The molecular weight excluding hydrogens is 372 g/mol. The number of methoxy groups -OCH3 is 1. The summed E-state index contributed by atoms with van der Waals surface area (Å²) >= 11 is 0. The van der Waals surface area contributed by atoms with E-state index in [1.165, 1.54) is 49.6 Å². The van der Waals surface area contributed by atoms with E-state index in [0.29, 0.717) is 5.69 Å². The van der Waals surface area contributed by atoms with Crippen molar-refractivity contribution in [1.82, 2.24) is 0 Å². The largest absolute Gasteiger partial charge is 0.495 e. The number of ether oxygens (including phenoxy) is 1. The number of carboxylic acids is 1. The maximum absolute atomic E-state index is 12.7. The van der Waals surface area contributed by atoms with Crippen molar-refractivity contribution in [2.24, 2.45) is 5.92 Å². The minimum atomic E-state index is -4.03. The molecule has 0 heterocycles. The van der Waals surface area contributed by atoms with Crippen molar-refractivity contribution in [3.05, 3.63) is 48.0 Å². The molecule has 1 aliphatic carbocycles. The summed E-state index contributed by atoms with van der Waals surface area (Å²) in [7, 11) is -2.70. The van der Waals surface area contributed by atoms with Crippen LogP contribution in [0.15, 0.2) is 47.4 Å². The van der Waals surface area contributed by atoms with E-state index in [1.54, 1.807) is 0 Å². The average molecular weight is 390 g/mol. The van der Waals surface area contributed by atoms with Crippen molar-refractivity contribution in [2.45, 2.75) is 17.7 Å². The van der Waals surface area contributed by atoms with Gasteiger partial charge in [-0.25, -0.2) is 13.2 Å². The Kier molecular flexibility index (Phi) is 5.04. The van der Waals surface area contributed by atoms with Crippen molar-refractivity contribution in [1.29, 1.82) is 0 Å². The lowest BCUT2D eigenvalue weighted by molar-refractivity contribution is -0.117. The third-order valence-electron chi connectivity index (χ3n) is 4.03. The van der Waals surface area contributed by atoms with Crippen LogP contribution in [-0.2, 0) is 14.8 Å². The Hall–Kier alpha value is -3.07. The van der Waals surface area contributed by atoms with E-state index < -0.39 is 16.0 Å². The molecule has 8 nitrogen and oxygen atoms in total. The molecule has 0 aliphatic heterocycles. The van der Waals surface area contributed by atoms with Crippen LogP contribution >= 0.6 is 0 Å². The fourth-order valence-corrected chi connectivity index (χ4v) is 3.68. The lowest BCUT2D eigenvalue weighted by Crippen LogP contribution is -2.16. The predicted molar refractivity (Wildman–Crippen MR) is 98.6 cm³/mol. The van der Waals surface area contributed by atoms with Crippen molar-refractivity contribution >= 4 is 33.3 Å². The third-order valence-corrected chi connectivity index (χ3v) is 5.45. The van der Waals surface area contributed by atoms with Crippen LogP contribution in [0.2, 0.25) is 0 Å². The molecule has 1 amide bonds. The first kappa shape index (κ1) is 18.7. The van der Waals surface area contributed by atoms with Crippen LogP contribution in [0.3, 0.4) is 0 Å². The van der Waals surface area contributed by atoms with Crippen molar-refractivity contribution in [3.8, 4) is 5.75 Å². The second-order valence-electron chi connectivity index (χ2n) is 6.12. The van der Waals surface area contributed by atoms with E-state index in [4.69, 9.17) is 9.84 Å². The first-order valence-electron chi connectivity index (χ1n) is 8.15. The molecule has 1 aliphatic rings. The number of rotatable bonds is 7. The van der Waals surface area contributed by atoms with Crippen molar-refractivity contribution in [3.63, 3.8) is 0 Å². The molecule has 0 spiro atoms. The number of amides is 1. The third kappa shape index (κ3) is 4.37. The van der Waals surface area contributed by atoms with Crippen molar-refractivity contribution < 1.29 is 27.9 Å². The van der Waals surface area contributed by atoms with Gasteiger partial charge in [-0.15, -0.1) is 0 Å². The molecule has 2 aromatic rings. The van der Waals surface area contributed by atoms with E-state index >= 15 is 0 Å². The van der Waals surface area contributed by atoms with Gasteiger partial charge >= 0.3 is 5.97 Å². The number of benzene rings is 2. The summed E-state index contributed by atoms with van der Waals surface area (Å²) in [5, 5.41) is 11.7. The monoisotopic (exact) mass is 390 g/mol. The van der Waals surface area contributed by atoms with Gasteiger partial charge in [-0.2, -0.15) is 0 Å². The van der Waals surface area contributed by atoms with E-state index in [2.05, 4.69) is 10.0 Å². The van der Waals surface area contributed by atoms with Gasteiger partial charge in [-0.05, 0) is 43.2 Å². The van der Waals surface area contributed by atoms with Crippen LogP contribution in [0.1, 0.15) is 23.2 Å². The van der Waals surface area contributed by atoms with E-state index in [1.807, 2.05) is 0 Å². The lowest BCUT2D eigenvalue weighted by Gasteiger charge is -2.13. The molecule has 0 saturated heterocycles. The van der Waals surface area contributed by atoms with Gasteiger partial charge in [0, 0.05) is 23.4 Å². The molecule has 27 heavy (non-hydrogen) atoms. The van der Waals surface area contributed by atoms with Crippen LogP contribution in [0, 0.1) is 5.92 Å². The van der Waals surface area contributed by atoms with Crippen LogP contribution < -0.4 is 14.8 Å². The normalized spacial score (nSPS) is 13.7. The van der Waals surface area contributed by atoms with Crippen LogP contribution in [0.5, 0.6) is 5.75 Å². The number of anilines is 2. The summed E-state index contributed by atoms with van der Waals surface area (Å²) in [6.07, 6.45) is 1.71. The summed E-state index contributed by atoms with van der Waals surface area (Å²) in [6, 6.07) is 9.70. The second kappa shape index (κ2) is 7.28. The Balaban J connectivity index is 1.85. The van der Waals surface area contributed by atoms with Gasteiger partial charge in [0.2, 0.25) is 5.91 Å². The number of sulfonamides is 1. The summed E-state index contributed by atoms with van der Waals surface area (Å²) in [6.45, 7) is 0. The SMILES string of the molecule is COc1cc(NC(=O)C2CC2)ccc1S(=O)(=O)Nc1cccc(C(=O)O)c1. The predicted octanol–water partition coefficient (Wildman–Crippen LogP) is 2.54. The van der Waals surface area contributed by atoms with Crippen molar-refractivity contribution in [2.75, 3.05) is 17.1 Å². The van der Waals surface area contributed by atoms with Crippen LogP contribution in [0.4, 0.5) is 11.4 Å².